The third-order valence-corrected chi connectivity index (χ3v) is 8.44. The normalized spacial score (nSPS) is 15.0. The van der Waals surface area contributed by atoms with Gasteiger partial charge in [-0.15, -0.1) is 11.3 Å². The van der Waals surface area contributed by atoms with Gasteiger partial charge >= 0.3 is 5.97 Å². The molecule has 2 amide bonds. The highest BCUT2D eigenvalue weighted by Gasteiger charge is 2.27. The topological polar surface area (TPSA) is 116 Å². The Morgan fingerprint density at radius 1 is 0.975 bits per heavy atom. The predicted molar refractivity (Wildman–Crippen MR) is 160 cm³/mol. The van der Waals surface area contributed by atoms with E-state index in [2.05, 4.69) is 17.6 Å². The average molecular weight is 565 g/mol. The fourth-order valence-corrected chi connectivity index (χ4v) is 5.86. The van der Waals surface area contributed by atoms with Crippen LogP contribution in [0, 0.1) is 0 Å². The van der Waals surface area contributed by atoms with E-state index >= 15 is 0 Å². The quantitative estimate of drug-likeness (QED) is 0.225. The summed E-state index contributed by atoms with van der Waals surface area (Å²) in [5.41, 5.74) is 6.99. The first-order valence-corrected chi connectivity index (χ1v) is 14.7. The molecule has 3 rings (SSSR count). The first-order chi connectivity index (χ1) is 19.1. The lowest BCUT2D eigenvalue weighted by atomic mass is 9.82. The molecule has 7 nitrogen and oxygen atoms in total. The smallest absolute Gasteiger partial charge is 0.328 e. The monoisotopic (exact) mass is 564 g/mol. The van der Waals surface area contributed by atoms with Crippen molar-refractivity contribution in [3.8, 4) is 5.75 Å². The van der Waals surface area contributed by atoms with Gasteiger partial charge in [0.25, 0.3) is 11.8 Å². The number of carboxylic acids is 1. The number of hydrogen-bond donors (Lipinski definition) is 4. The highest BCUT2D eigenvalue weighted by Crippen LogP contribution is 2.35. The standard InChI is InChI=1S/C32H40N2O5S/c1-5-26-22(4)29(31(37)34-27(32(38)39)19-33-30(36)28-14-9-17-40-28)21(3)20(2)15-16-24(26)12-7-6-10-23-11-8-13-25(35)18-23/h8-9,11,13-14,17-18,27,35H,5-7,10,12,15-16,19H2,1-4H3,(H,33,36)(H,34,37)(H,38,39). The Labute approximate surface area is 240 Å². The van der Waals surface area contributed by atoms with Crippen LogP contribution in [0.2, 0.25) is 0 Å². The lowest BCUT2D eigenvalue weighted by molar-refractivity contribution is -0.141. The molecule has 0 saturated carbocycles. The van der Waals surface area contributed by atoms with Crippen molar-refractivity contribution in [3.63, 3.8) is 0 Å². The van der Waals surface area contributed by atoms with Crippen molar-refractivity contribution < 1.29 is 24.6 Å². The highest BCUT2D eigenvalue weighted by molar-refractivity contribution is 7.12. The molecular formula is C32H40N2O5S. The van der Waals surface area contributed by atoms with Crippen LogP contribution in [-0.2, 0) is 16.0 Å². The molecule has 0 saturated heterocycles. The number of carbonyl (C=O) groups excluding carboxylic acids is 2. The molecule has 0 bridgehead atoms. The largest absolute Gasteiger partial charge is 0.508 e. The van der Waals surface area contributed by atoms with E-state index in [4.69, 9.17) is 0 Å². The van der Waals surface area contributed by atoms with E-state index in [-0.39, 0.29) is 18.2 Å². The Hall–Kier alpha value is -3.65. The number of rotatable bonds is 12. The molecule has 0 fully saturated rings. The van der Waals surface area contributed by atoms with Crippen LogP contribution in [0.25, 0.3) is 0 Å². The van der Waals surface area contributed by atoms with Crippen LogP contribution in [0.5, 0.6) is 5.75 Å². The SMILES string of the molecule is CCC1=C(CCCCc2cccc(O)c2)CCC(C)=C(C)C(C(=O)NC(CNC(=O)c2cccs2)C(=O)O)=C1C. The fraction of sp³-hybridized carbons (Fsp3) is 0.406. The van der Waals surface area contributed by atoms with Crippen molar-refractivity contribution >= 4 is 29.1 Å². The second kappa shape index (κ2) is 14.7. The van der Waals surface area contributed by atoms with Crippen molar-refractivity contribution in [2.45, 2.75) is 78.7 Å². The van der Waals surface area contributed by atoms with Crippen molar-refractivity contribution in [2.24, 2.45) is 0 Å². The van der Waals surface area contributed by atoms with E-state index in [1.54, 1.807) is 29.6 Å². The molecule has 8 heteroatoms. The molecule has 1 aromatic carbocycles. The van der Waals surface area contributed by atoms with Crippen molar-refractivity contribution in [2.75, 3.05) is 6.54 Å². The van der Waals surface area contributed by atoms with Gasteiger partial charge in [0.1, 0.15) is 11.8 Å². The maximum atomic E-state index is 13.6. The Balaban J connectivity index is 1.78. The Morgan fingerprint density at radius 2 is 1.73 bits per heavy atom. The average Bonchev–Trinajstić information content (AvgIpc) is 3.46. The number of aromatic hydroxyl groups is 1. The Bertz CT molecular complexity index is 1320. The van der Waals surface area contributed by atoms with Gasteiger partial charge in [-0.1, -0.05) is 36.3 Å². The number of aliphatic carboxylic acids is 1. The summed E-state index contributed by atoms with van der Waals surface area (Å²) < 4.78 is 0. The number of nitrogens with one attached hydrogen (secondary N) is 2. The van der Waals surface area contributed by atoms with Gasteiger partial charge in [-0.2, -0.15) is 0 Å². The van der Waals surface area contributed by atoms with Crippen LogP contribution in [0.4, 0.5) is 0 Å². The van der Waals surface area contributed by atoms with E-state index in [0.717, 1.165) is 72.8 Å². The zero-order chi connectivity index (χ0) is 29.2. The van der Waals surface area contributed by atoms with E-state index in [1.807, 2.05) is 32.9 Å². The summed E-state index contributed by atoms with van der Waals surface area (Å²) in [4.78, 5) is 38.4. The number of amides is 2. The molecule has 0 spiro atoms. The van der Waals surface area contributed by atoms with Crippen LogP contribution < -0.4 is 10.6 Å². The molecule has 1 aliphatic carbocycles. The molecule has 214 valence electrons. The number of hydrogen-bond acceptors (Lipinski definition) is 5. The lowest BCUT2D eigenvalue weighted by Gasteiger charge is -2.25. The molecule has 1 atom stereocenters. The lowest BCUT2D eigenvalue weighted by Crippen LogP contribution is -2.49. The minimum absolute atomic E-state index is 0.215. The van der Waals surface area contributed by atoms with Crippen LogP contribution >= 0.6 is 11.3 Å². The maximum Gasteiger partial charge on any atom is 0.328 e. The predicted octanol–water partition coefficient (Wildman–Crippen LogP) is 6.32. The van der Waals surface area contributed by atoms with Crippen LogP contribution in [0.3, 0.4) is 0 Å². The van der Waals surface area contributed by atoms with E-state index in [9.17, 15) is 24.6 Å². The number of carbonyl (C=O) groups is 3. The van der Waals surface area contributed by atoms with Crippen molar-refractivity contribution in [1.82, 2.24) is 10.6 Å². The third-order valence-electron chi connectivity index (χ3n) is 7.57. The summed E-state index contributed by atoms with van der Waals surface area (Å²) in [5, 5.41) is 26.6. The van der Waals surface area contributed by atoms with Gasteiger partial charge in [0.2, 0.25) is 0 Å². The summed E-state index contributed by atoms with van der Waals surface area (Å²) >= 11 is 1.27. The van der Waals surface area contributed by atoms with Gasteiger partial charge in [0, 0.05) is 12.1 Å². The molecule has 2 aromatic rings. The van der Waals surface area contributed by atoms with E-state index in [1.165, 1.54) is 16.9 Å². The molecule has 0 radical (unpaired) electrons. The first kappa shape index (κ1) is 30.9. The third kappa shape index (κ3) is 8.18. The number of phenols is 1. The minimum atomic E-state index is -1.26. The number of unbranched alkanes of at least 4 members (excludes halogenated alkanes) is 1. The molecule has 1 heterocycles. The van der Waals surface area contributed by atoms with Gasteiger partial charge in [0.15, 0.2) is 0 Å². The zero-order valence-electron chi connectivity index (χ0n) is 23.8. The Kier molecular flexibility index (Phi) is 11.3. The van der Waals surface area contributed by atoms with Crippen LogP contribution in [-0.4, -0.2) is 40.6 Å². The number of thiophene rings is 1. The van der Waals surface area contributed by atoms with Crippen molar-refractivity contribution in [3.05, 3.63) is 85.7 Å². The molecular weight excluding hydrogens is 524 g/mol. The number of allylic oxidation sites excluding steroid dienone is 4. The van der Waals surface area contributed by atoms with Gasteiger partial charge in [-0.25, -0.2) is 4.79 Å². The molecule has 40 heavy (non-hydrogen) atoms. The van der Waals surface area contributed by atoms with E-state index < -0.39 is 17.9 Å². The summed E-state index contributed by atoms with van der Waals surface area (Å²) in [6.07, 6.45) is 6.34. The second-order valence-corrected chi connectivity index (χ2v) is 11.2. The van der Waals surface area contributed by atoms with Gasteiger partial charge < -0.3 is 20.8 Å². The molecule has 0 aliphatic heterocycles. The number of benzene rings is 1. The van der Waals surface area contributed by atoms with Gasteiger partial charge in [-0.05, 0) is 112 Å². The number of aryl methyl sites for hydroxylation is 1. The molecule has 1 unspecified atom stereocenters. The summed E-state index contributed by atoms with van der Waals surface area (Å²) in [6, 6.07) is 9.52. The summed E-state index contributed by atoms with van der Waals surface area (Å²) in [7, 11) is 0. The van der Waals surface area contributed by atoms with Crippen LogP contribution in [0.1, 0.15) is 81.5 Å². The number of phenolic OH excluding ortho intramolecular Hbond substituents is 1. The number of carboxylic acid groups (broad SMARTS) is 1. The fourth-order valence-electron chi connectivity index (χ4n) is 5.22. The van der Waals surface area contributed by atoms with Gasteiger partial charge in [0.05, 0.1) is 4.88 Å². The van der Waals surface area contributed by atoms with Crippen LogP contribution in [0.15, 0.2) is 75.2 Å². The zero-order valence-corrected chi connectivity index (χ0v) is 24.6. The second-order valence-electron chi connectivity index (χ2n) is 10.3. The molecule has 4 N–H and O–H groups in total. The molecule has 1 aromatic heterocycles. The molecule has 1 aliphatic rings. The summed E-state index contributed by atoms with van der Waals surface area (Å²) in [5.74, 6) is -1.73. The van der Waals surface area contributed by atoms with Gasteiger partial charge in [-0.3, -0.25) is 9.59 Å². The first-order valence-electron chi connectivity index (χ1n) is 13.8. The Morgan fingerprint density at radius 3 is 2.38 bits per heavy atom. The van der Waals surface area contributed by atoms with Crippen molar-refractivity contribution in [1.29, 1.82) is 0 Å². The summed E-state index contributed by atoms with van der Waals surface area (Å²) in [6.45, 7) is 7.79. The van der Waals surface area contributed by atoms with E-state index in [0.29, 0.717) is 10.5 Å². The maximum absolute atomic E-state index is 13.6. The highest BCUT2D eigenvalue weighted by atomic mass is 32.1. The minimum Gasteiger partial charge on any atom is -0.508 e.